The maximum absolute atomic E-state index is 10.9. The third-order valence-electron chi connectivity index (χ3n) is 3.07. The molecule has 0 atom stereocenters. The van der Waals surface area contributed by atoms with E-state index in [4.69, 9.17) is 5.11 Å². The summed E-state index contributed by atoms with van der Waals surface area (Å²) in [6.07, 6.45) is 1.48. The molecule has 0 radical (unpaired) electrons. The van der Waals surface area contributed by atoms with E-state index in [9.17, 15) is 4.79 Å². The minimum atomic E-state index is -1.04. The average molecular weight is 343 g/mol. The smallest absolute Gasteiger partial charge is 0.354 e. The van der Waals surface area contributed by atoms with Crippen LogP contribution in [0.25, 0.3) is 10.8 Å². The summed E-state index contributed by atoms with van der Waals surface area (Å²) in [6, 6.07) is 15.3. The largest absolute Gasteiger partial charge is 0.477 e. The molecule has 0 aliphatic carbocycles. The molecule has 2 N–H and O–H groups in total. The van der Waals surface area contributed by atoms with Crippen molar-refractivity contribution in [2.24, 2.45) is 0 Å². The number of aromatic carboxylic acids is 1. The number of pyridine rings is 1. The van der Waals surface area contributed by atoms with Gasteiger partial charge in [0.25, 0.3) is 0 Å². The Morgan fingerprint density at radius 2 is 1.71 bits per heavy atom. The van der Waals surface area contributed by atoms with Gasteiger partial charge in [-0.3, -0.25) is 0 Å². The minimum absolute atomic E-state index is 0.0183. The quantitative estimate of drug-likeness (QED) is 0.738. The molecule has 3 aromatic rings. The highest BCUT2D eigenvalue weighted by Gasteiger charge is 2.05. The van der Waals surface area contributed by atoms with E-state index in [2.05, 4.69) is 26.2 Å². The van der Waals surface area contributed by atoms with Gasteiger partial charge in [0, 0.05) is 22.0 Å². The SMILES string of the molecule is O=C(O)c1cc(Nc2ccc3cc(Br)ccc3c2)ccn1. The van der Waals surface area contributed by atoms with Crippen LogP contribution in [0.2, 0.25) is 0 Å². The molecule has 0 aliphatic heterocycles. The fourth-order valence-electron chi connectivity index (χ4n) is 2.09. The van der Waals surface area contributed by atoms with Crippen LogP contribution in [0.4, 0.5) is 11.4 Å². The van der Waals surface area contributed by atoms with Gasteiger partial charge in [0.05, 0.1) is 0 Å². The lowest BCUT2D eigenvalue weighted by molar-refractivity contribution is 0.0690. The van der Waals surface area contributed by atoms with Crippen molar-refractivity contribution in [1.29, 1.82) is 0 Å². The van der Waals surface area contributed by atoms with Gasteiger partial charge in [0.15, 0.2) is 0 Å². The molecule has 0 spiro atoms. The summed E-state index contributed by atoms with van der Waals surface area (Å²) in [6.45, 7) is 0. The van der Waals surface area contributed by atoms with Gasteiger partial charge in [-0.15, -0.1) is 0 Å². The molecule has 3 rings (SSSR count). The van der Waals surface area contributed by atoms with E-state index in [1.54, 1.807) is 6.07 Å². The second-order valence-corrected chi connectivity index (χ2v) is 5.48. The van der Waals surface area contributed by atoms with Crippen LogP contribution in [-0.4, -0.2) is 16.1 Å². The summed E-state index contributed by atoms with van der Waals surface area (Å²) < 4.78 is 1.04. The number of benzene rings is 2. The van der Waals surface area contributed by atoms with Crippen LogP contribution in [-0.2, 0) is 0 Å². The molecule has 0 bridgehead atoms. The predicted molar refractivity (Wildman–Crippen MR) is 86.1 cm³/mol. The van der Waals surface area contributed by atoms with E-state index in [0.29, 0.717) is 5.69 Å². The van der Waals surface area contributed by atoms with Crippen molar-refractivity contribution >= 4 is 44.0 Å². The number of aromatic nitrogens is 1. The molecule has 4 nitrogen and oxygen atoms in total. The zero-order valence-corrected chi connectivity index (χ0v) is 12.5. The Morgan fingerprint density at radius 1 is 1.00 bits per heavy atom. The van der Waals surface area contributed by atoms with Crippen molar-refractivity contribution in [3.63, 3.8) is 0 Å². The highest BCUT2D eigenvalue weighted by molar-refractivity contribution is 9.10. The molecule has 0 saturated carbocycles. The molecule has 104 valence electrons. The van der Waals surface area contributed by atoms with Gasteiger partial charge in [-0.2, -0.15) is 0 Å². The molecule has 1 aromatic heterocycles. The van der Waals surface area contributed by atoms with E-state index in [1.807, 2.05) is 36.4 Å². The molecular formula is C16H11BrN2O2. The van der Waals surface area contributed by atoms with Crippen LogP contribution < -0.4 is 5.32 Å². The van der Waals surface area contributed by atoms with Crippen molar-refractivity contribution in [3.8, 4) is 0 Å². The molecule has 0 fully saturated rings. The van der Waals surface area contributed by atoms with Gasteiger partial charge in [0.2, 0.25) is 0 Å². The number of halogens is 1. The van der Waals surface area contributed by atoms with Gasteiger partial charge in [-0.25, -0.2) is 9.78 Å². The number of hydrogen-bond acceptors (Lipinski definition) is 3. The molecule has 1 heterocycles. The van der Waals surface area contributed by atoms with E-state index < -0.39 is 5.97 Å². The standard InChI is InChI=1S/C16H11BrN2O2/c17-12-3-1-11-8-13(4-2-10(11)7-12)19-14-5-6-18-15(9-14)16(20)21/h1-9H,(H,18,19)(H,20,21). The third-order valence-corrected chi connectivity index (χ3v) is 3.56. The van der Waals surface area contributed by atoms with E-state index in [1.165, 1.54) is 12.3 Å². The minimum Gasteiger partial charge on any atom is -0.477 e. The number of hydrogen-bond donors (Lipinski definition) is 2. The Morgan fingerprint density at radius 3 is 2.52 bits per heavy atom. The summed E-state index contributed by atoms with van der Waals surface area (Å²) in [5.41, 5.74) is 1.61. The first-order valence-electron chi connectivity index (χ1n) is 6.27. The first kappa shape index (κ1) is 13.6. The molecule has 21 heavy (non-hydrogen) atoms. The van der Waals surface area contributed by atoms with Crippen molar-refractivity contribution in [2.45, 2.75) is 0 Å². The number of carbonyl (C=O) groups is 1. The molecule has 5 heteroatoms. The monoisotopic (exact) mass is 342 g/mol. The van der Waals surface area contributed by atoms with Crippen LogP contribution in [0, 0.1) is 0 Å². The Hall–Kier alpha value is -2.40. The lowest BCUT2D eigenvalue weighted by Gasteiger charge is -2.08. The first-order valence-corrected chi connectivity index (χ1v) is 7.07. The predicted octanol–water partition coefficient (Wildman–Crippen LogP) is 4.44. The zero-order valence-electron chi connectivity index (χ0n) is 10.9. The van der Waals surface area contributed by atoms with Crippen LogP contribution in [0.1, 0.15) is 10.5 Å². The maximum atomic E-state index is 10.9. The molecule has 0 unspecified atom stereocenters. The van der Waals surface area contributed by atoms with E-state index in [0.717, 1.165) is 20.9 Å². The Balaban J connectivity index is 1.92. The second-order valence-electron chi connectivity index (χ2n) is 4.57. The Kier molecular flexibility index (Phi) is 3.58. The van der Waals surface area contributed by atoms with E-state index in [-0.39, 0.29) is 5.69 Å². The average Bonchev–Trinajstić information content (AvgIpc) is 2.48. The third kappa shape index (κ3) is 3.03. The number of carboxylic acids is 1. The molecule has 0 saturated heterocycles. The number of fused-ring (bicyclic) bond motifs is 1. The van der Waals surface area contributed by atoms with Crippen molar-refractivity contribution < 1.29 is 9.90 Å². The van der Waals surface area contributed by atoms with Crippen LogP contribution in [0.3, 0.4) is 0 Å². The van der Waals surface area contributed by atoms with Crippen LogP contribution in [0.5, 0.6) is 0 Å². The highest BCUT2D eigenvalue weighted by atomic mass is 79.9. The van der Waals surface area contributed by atoms with Gasteiger partial charge in [-0.05, 0) is 47.2 Å². The molecule has 0 aliphatic rings. The Bertz CT molecular complexity index is 833. The fourth-order valence-corrected chi connectivity index (χ4v) is 2.47. The van der Waals surface area contributed by atoms with Crippen molar-refractivity contribution in [3.05, 3.63) is 64.9 Å². The summed E-state index contributed by atoms with van der Waals surface area (Å²) in [5.74, 6) is -1.04. The fraction of sp³-hybridized carbons (Fsp3) is 0. The van der Waals surface area contributed by atoms with Crippen LogP contribution >= 0.6 is 15.9 Å². The van der Waals surface area contributed by atoms with Crippen molar-refractivity contribution in [2.75, 3.05) is 5.32 Å². The first-order chi connectivity index (χ1) is 10.1. The van der Waals surface area contributed by atoms with Crippen LogP contribution in [0.15, 0.2) is 59.2 Å². The number of rotatable bonds is 3. The van der Waals surface area contributed by atoms with Gasteiger partial charge in [-0.1, -0.05) is 28.1 Å². The lowest BCUT2D eigenvalue weighted by atomic mass is 10.1. The normalized spacial score (nSPS) is 10.5. The molecule has 0 amide bonds. The maximum Gasteiger partial charge on any atom is 0.354 e. The van der Waals surface area contributed by atoms with E-state index >= 15 is 0 Å². The highest BCUT2D eigenvalue weighted by Crippen LogP contribution is 2.25. The topological polar surface area (TPSA) is 62.2 Å². The summed E-state index contributed by atoms with van der Waals surface area (Å²) >= 11 is 3.45. The van der Waals surface area contributed by atoms with Crippen molar-refractivity contribution in [1.82, 2.24) is 4.98 Å². The number of nitrogens with zero attached hydrogens (tertiary/aromatic N) is 1. The second kappa shape index (κ2) is 5.54. The zero-order chi connectivity index (χ0) is 14.8. The summed E-state index contributed by atoms with van der Waals surface area (Å²) in [4.78, 5) is 14.7. The molecular weight excluding hydrogens is 332 g/mol. The number of anilines is 2. The van der Waals surface area contributed by atoms with Gasteiger partial charge in [0.1, 0.15) is 5.69 Å². The van der Waals surface area contributed by atoms with Gasteiger partial charge >= 0.3 is 5.97 Å². The Labute approximate surface area is 129 Å². The summed E-state index contributed by atoms with van der Waals surface area (Å²) in [7, 11) is 0. The number of nitrogens with one attached hydrogen (secondary N) is 1. The lowest BCUT2D eigenvalue weighted by Crippen LogP contribution is -2.01. The summed E-state index contributed by atoms with van der Waals surface area (Å²) in [5, 5.41) is 14.4. The number of carboxylic acid groups (broad SMARTS) is 1. The molecule has 2 aromatic carbocycles. The van der Waals surface area contributed by atoms with Gasteiger partial charge < -0.3 is 10.4 Å².